The van der Waals surface area contributed by atoms with Crippen molar-refractivity contribution in [3.05, 3.63) is 392 Å². The SMILES string of the molecule is C#CC=CC(=CC)c1nc(-c2ccccc2)nc(-c2cc(-c3nc(-c4ccccc4)nc(-c4ccccc4)n3)cc(C3(c4cc(-c5cccc(-c6nc(-c7ccccc7)nc(-c7ccccc7)n6)c5)cc(-c5cccc(-c6nc(-c7ccccc7)nc(-c7ccccc7)n6)c5)c4)c4ccccc4-c4ccccc43)c2)n1. The predicted molar refractivity (Wildman–Crippen MR) is 440 cm³/mol. The molecule has 0 aliphatic heterocycles. The van der Waals surface area contributed by atoms with Gasteiger partial charge in [-0.1, -0.05) is 309 Å². The summed E-state index contributed by atoms with van der Waals surface area (Å²) >= 11 is 0. The zero-order valence-corrected chi connectivity index (χ0v) is 59.6. The highest BCUT2D eigenvalue weighted by atomic mass is 15.1. The van der Waals surface area contributed by atoms with E-state index in [0.717, 1.165) is 111 Å². The van der Waals surface area contributed by atoms with Crippen LogP contribution < -0.4 is 0 Å². The minimum atomic E-state index is -1.13. The molecule has 0 saturated carbocycles. The van der Waals surface area contributed by atoms with Crippen molar-refractivity contribution in [3.8, 4) is 171 Å². The van der Waals surface area contributed by atoms with E-state index in [4.69, 9.17) is 66.2 Å². The molecule has 1 aliphatic carbocycles. The average molecular weight is 1410 g/mol. The van der Waals surface area contributed by atoms with E-state index >= 15 is 0 Å². The second-order valence-electron chi connectivity index (χ2n) is 26.6. The summed E-state index contributed by atoms with van der Waals surface area (Å²) in [6.07, 6.45) is 11.4. The Morgan fingerprint density at radius 2 is 0.482 bits per heavy atom. The fourth-order valence-electron chi connectivity index (χ4n) is 14.6. The molecule has 4 heterocycles. The smallest absolute Gasteiger partial charge is 0.164 e. The third-order valence-corrected chi connectivity index (χ3v) is 19.8. The van der Waals surface area contributed by atoms with Crippen LogP contribution in [-0.4, -0.2) is 59.8 Å². The third-order valence-electron chi connectivity index (χ3n) is 19.8. The zero-order valence-electron chi connectivity index (χ0n) is 59.6. The molecule has 0 atom stereocenters. The first-order valence-electron chi connectivity index (χ1n) is 36.3. The largest absolute Gasteiger partial charge is 0.208 e. The van der Waals surface area contributed by atoms with Gasteiger partial charge in [-0.3, -0.25) is 0 Å². The summed E-state index contributed by atoms with van der Waals surface area (Å²) in [5.41, 5.74) is 18.3. The van der Waals surface area contributed by atoms with E-state index in [0.29, 0.717) is 81.0 Å². The second-order valence-corrected chi connectivity index (χ2v) is 26.6. The maximum absolute atomic E-state index is 5.92. The molecule has 17 aromatic rings. The van der Waals surface area contributed by atoms with Crippen molar-refractivity contribution in [3.63, 3.8) is 0 Å². The summed E-state index contributed by atoms with van der Waals surface area (Å²) in [5.74, 6) is 8.78. The van der Waals surface area contributed by atoms with Crippen molar-refractivity contribution < 1.29 is 0 Å². The fraction of sp³-hybridized carbons (Fsp3) is 0.0204. The van der Waals surface area contributed by atoms with Gasteiger partial charge in [0.25, 0.3) is 0 Å². The van der Waals surface area contributed by atoms with E-state index in [1.54, 1.807) is 6.08 Å². The van der Waals surface area contributed by atoms with Crippen molar-refractivity contribution in [1.82, 2.24) is 59.8 Å². The molecular formula is C98H64N12. The fourth-order valence-corrected chi connectivity index (χ4v) is 14.6. The molecule has 18 rings (SSSR count). The Hall–Kier alpha value is -15.1. The minimum Gasteiger partial charge on any atom is -0.208 e. The Morgan fingerprint density at radius 3 is 0.800 bits per heavy atom. The van der Waals surface area contributed by atoms with Gasteiger partial charge in [0, 0.05) is 66.8 Å². The molecule has 110 heavy (non-hydrogen) atoms. The van der Waals surface area contributed by atoms with E-state index in [9.17, 15) is 0 Å². The predicted octanol–water partition coefficient (Wildman–Crippen LogP) is 22.1. The van der Waals surface area contributed by atoms with E-state index in [1.165, 1.54) is 0 Å². The number of fused-ring (bicyclic) bond motifs is 3. The van der Waals surface area contributed by atoms with Gasteiger partial charge < -0.3 is 0 Å². The normalized spacial score (nSPS) is 12.1. The monoisotopic (exact) mass is 1410 g/mol. The third kappa shape index (κ3) is 13.1. The number of nitrogens with zero attached hydrogens (tertiary/aromatic N) is 12. The maximum atomic E-state index is 5.92. The molecule has 12 nitrogen and oxygen atoms in total. The second kappa shape index (κ2) is 29.5. The number of aromatic nitrogens is 12. The van der Waals surface area contributed by atoms with Crippen LogP contribution in [0.15, 0.2) is 364 Å². The molecule has 4 aromatic heterocycles. The summed E-state index contributed by atoms with van der Waals surface area (Å²) in [5, 5.41) is 0. The van der Waals surface area contributed by atoms with Crippen molar-refractivity contribution in [2.24, 2.45) is 0 Å². The highest BCUT2D eigenvalue weighted by Crippen LogP contribution is 2.58. The van der Waals surface area contributed by atoms with Crippen LogP contribution in [-0.2, 0) is 5.41 Å². The molecular weight excluding hydrogens is 1350 g/mol. The molecule has 0 bridgehead atoms. The molecule has 0 saturated heterocycles. The van der Waals surface area contributed by atoms with Crippen LogP contribution in [0.1, 0.15) is 35.0 Å². The molecule has 12 heteroatoms. The summed E-state index contributed by atoms with van der Waals surface area (Å²) in [6.45, 7) is 1.95. The first-order chi connectivity index (χ1) is 54.4. The van der Waals surface area contributed by atoms with Crippen molar-refractivity contribution >= 4 is 5.57 Å². The quantitative estimate of drug-likeness (QED) is 0.0629. The van der Waals surface area contributed by atoms with Crippen LogP contribution in [0, 0.1) is 12.3 Å². The first-order valence-corrected chi connectivity index (χ1v) is 36.3. The standard InChI is InChI=1S/C98H64N12/c1-3-5-33-64(4-2)86-99-87(65-34-13-6-14-35-65)108-96(100-86)78-59-79(97-109-92(70-44-23-11-24-45-70)103-93(110-97)71-46-25-12-26-47-71)63-81(62-78)98(84-54-29-27-52-82(84)83-53-28-30-55-85(83)98)80-60-76(72-48-31-50-74(56-72)94-104-88(66-36-15-7-16-37-66)101-89(105-94)67-38-17-8-18-39-67)58-77(61-80)73-49-32-51-75(57-73)95-106-90(68-40-19-9-20-41-68)102-91(107-95)69-42-21-10-22-43-69/h1,4-63H,2H3. The van der Waals surface area contributed by atoms with Crippen molar-refractivity contribution in [1.29, 1.82) is 0 Å². The minimum absolute atomic E-state index is 0.414. The molecule has 0 N–H and O–H groups in total. The number of hydrogen-bond acceptors (Lipinski definition) is 12. The average Bonchev–Trinajstić information content (AvgIpc) is 1.56. The van der Waals surface area contributed by atoms with Crippen LogP contribution in [0.5, 0.6) is 0 Å². The van der Waals surface area contributed by atoms with Gasteiger partial charge in [0.05, 0.1) is 5.41 Å². The van der Waals surface area contributed by atoms with Crippen LogP contribution >= 0.6 is 0 Å². The molecule has 0 unspecified atom stereocenters. The Kier molecular flexibility index (Phi) is 17.9. The lowest BCUT2D eigenvalue weighted by molar-refractivity contribution is 0.769. The number of allylic oxidation sites excluding steroid dienone is 4. The highest BCUT2D eigenvalue weighted by molar-refractivity contribution is 5.90. The highest BCUT2D eigenvalue weighted by Gasteiger charge is 2.47. The number of terminal acetylenes is 1. The molecule has 0 radical (unpaired) electrons. The lowest BCUT2D eigenvalue weighted by Crippen LogP contribution is -2.29. The van der Waals surface area contributed by atoms with Gasteiger partial charge >= 0.3 is 0 Å². The topological polar surface area (TPSA) is 155 Å². The van der Waals surface area contributed by atoms with Gasteiger partial charge in [-0.25, -0.2) is 59.8 Å². The summed E-state index contributed by atoms with van der Waals surface area (Å²) in [4.78, 5) is 63.4. The Morgan fingerprint density at radius 1 is 0.245 bits per heavy atom. The van der Waals surface area contributed by atoms with E-state index in [1.807, 2.05) is 231 Å². The lowest BCUT2D eigenvalue weighted by atomic mass is 9.66. The summed E-state index contributed by atoms with van der Waals surface area (Å²) in [7, 11) is 0. The number of hydrogen-bond donors (Lipinski definition) is 0. The zero-order chi connectivity index (χ0) is 73.7. The van der Waals surface area contributed by atoms with Gasteiger partial charge in [-0.05, 0) is 123 Å². The van der Waals surface area contributed by atoms with Gasteiger partial charge in [-0.2, -0.15) is 0 Å². The van der Waals surface area contributed by atoms with Gasteiger partial charge in [0.1, 0.15) is 0 Å². The van der Waals surface area contributed by atoms with Crippen LogP contribution in [0.2, 0.25) is 0 Å². The first kappa shape index (κ1) is 66.9. The van der Waals surface area contributed by atoms with Crippen molar-refractivity contribution in [2.45, 2.75) is 12.3 Å². The Labute approximate surface area is 637 Å². The van der Waals surface area contributed by atoms with Gasteiger partial charge in [0.2, 0.25) is 0 Å². The van der Waals surface area contributed by atoms with Gasteiger partial charge in [0.15, 0.2) is 69.9 Å². The summed E-state index contributed by atoms with van der Waals surface area (Å²) < 4.78 is 0. The lowest BCUT2D eigenvalue weighted by Gasteiger charge is -2.35. The van der Waals surface area contributed by atoms with Crippen LogP contribution in [0.4, 0.5) is 0 Å². The van der Waals surface area contributed by atoms with E-state index < -0.39 is 5.41 Å². The number of rotatable bonds is 17. The molecule has 0 amide bonds. The molecule has 13 aromatic carbocycles. The van der Waals surface area contributed by atoms with Crippen molar-refractivity contribution in [2.75, 3.05) is 0 Å². The molecule has 1 aliphatic rings. The van der Waals surface area contributed by atoms with Gasteiger partial charge in [-0.15, -0.1) is 6.42 Å². The molecule has 0 spiro atoms. The Bertz CT molecular complexity index is 6000. The van der Waals surface area contributed by atoms with Crippen LogP contribution in [0.3, 0.4) is 0 Å². The van der Waals surface area contributed by atoms with E-state index in [2.05, 4.69) is 139 Å². The maximum Gasteiger partial charge on any atom is 0.164 e. The van der Waals surface area contributed by atoms with Crippen LogP contribution in [0.25, 0.3) is 164 Å². The number of benzene rings is 13. The Balaban J connectivity index is 0.930. The molecule has 516 valence electrons. The van der Waals surface area contributed by atoms with E-state index in [-0.39, 0.29) is 0 Å². The summed E-state index contributed by atoms with van der Waals surface area (Å²) in [6, 6.07) is 119. The molecule has 0 fully saturated rings.